The molecule has 0 radical (unpaired) electrons. The average molecular weight is 417 g/mol. The van der Waals surface area contributed by atoms with Crippen molar-refractivity contribution in [1.82, 2.24) is 0 Å². The summed E-state index contributed by atoms with van der Waals surface area (Å²) in [6, 6.07) is 7.41. The lowest BCUT2D eigenvalue weighted by Crippen LogP contribution is -2.13. The lowest BCUT2D eigenvalue weighted by molar-refractivity contribution is -0.117. The van der Waals surface area contributed by atoms with Gasteiger partial charge in [0.25, 0.3) is 0 Å². The fourth-order valence-corrected chi connectivity index (χ4v) is 3.61. The van der Waals surface area contributed by atoms with Gasteiger partial charge in [-0.25, -0.2) is 0 Å². The first-order valence-electron chi connectivity index (χ1n) is 12.4. The predicted molar refractivity (Wildman–Crippen MR) is 129 cm³/mol. The molecule has 4 nitrogen and oxygen atoms in total. The summed E-state index contributed by atoms with van der Waals surface area (Å²) in [5.74, 6) is 0.0882. The SMILES string of the molecule is CCCCCCCCCCCCCC(=O)Nc1cccc(NC(=O)CCCCC)c1. The number of rotatable bonds is 18. The highest BCUT2D eigenvalue weighted by atomic mass is 16.2. The summed E-state index contributed by atoms with van der Waals surface area (Å²) in [6.07, 6.45) is 18.3. The molecular formula is C26H44N2O2. The van der Waals surface area contributed by atoms with Crippen LogP contribution < -0.4 is 10.6 Å². The standard InChI is InChI=1S/C26H44N2O2/c1-3-5-7-8-9-10-11-12-13-14-16-21-26(30)28-24-19-17-18-23(22-24)27-25(29)20-15-6-4-2/h17-19,22H,3-16,20-21H2,1-2H3,(H,27,29)(H,28,30). The van der Waals surface area contributed by atoms with E-state index in [2.05, 4.69) is 24.5 Å². The number of hydrogen-bond donors (Lipinski definition) is 2. The number of unbranched alkanes of at least 4 members (excludes halogenated alkanes) is 12. The first kappa shape index (κ1) is 26.2. The molecule has 0 aliphatic carbocycles. The van der Waals surface area contributed by atoms with Crippen LogP contribution in [-0.2, 0) is 9.59 Å². The number of hydrogen-bond acceptors (Lipinski definition) is 2. The van der Waals surface area contributed by atoms with Gasteiger partial charge < -0.3 is 10.6 Å². The molecule has 170 valence electrons. The molecule has 1 rings (SSSR count). The molecule has 2 amide bonds. The summed E-state index contributed by atoms with van der Waals surface area (Å²) < 4.78 is 0. The molecule has 0 unspecified atom stereocenters. The number of carbonyl (C=O) groups is 2. The summed E-state index contributed by atoms with van der Waals surface area (Å²) in [5.41, 5.74) is 1.48. The van der Waals surface area contributed by atoms with Crippen molar-refractivity contribution in [3.63, 3.8) is 0 Å². The van der Waals surface area contributed by atoms with Gasteiger partial charge in [0.15, 0.2) is 0 Å². The maximum atomic E-state index is 12.2. The van der Waals surface area contributed by atoms with E-state index in [9.17, 15) is 9.59 Å². The van der Waals surface area contributed by atoms with E-state index in [1.807, 2.05) is 24.3 Å². The van der Waals surface area contributed by atoms with E-state index in [0.717, 1.165) is 43.5 Å². The Balaban J connectivity index is 2.12. The van der Waals surface area contributed by atoms with E-state index in [-0.39, 0.29) is 11.8 Å². The number of nitrogens with one attached hydrogen (secondary N) is 2. The van der Waals surface area contributed by atoms with Crippen molar-refractivity contribution in [3.8, 4) is 0 Å². The molecule has 0 bridgehead atoms. The molecule has 0 atom stereocenters. The Hall–Kier alpha value is -1.84. The summed E-state index contributed by atoms with van der Waals surface area (Å²) in [7, 11) is 0. The zero-order valence-corrected chi connectivity index (χ0v) is 19.4. The number of benzene rings is 1. The fraction of sp³-hybridized carbons (Fsp3) is 0.692. The molecule has 4 heteroatoms. The minimum absolute atomic E-state index is 0.0351. The molecule has 0 aromatic heterocycles. The second-order valence-corrected chi connectivity index (χ2v) is 8.42. The van der Waals surface area contributed by atoms with Gasteiger partial charge in [0.2, 0.25) is 11.8 Å². The van der Waals surface area contributed by atoms with Crippen LogP contribution in [-0.4, -0.2) is 11.8 Å². The second kappa shape index (κ2) is 18.0. The molecule has 0 aliphatic rings. The fourth-order valence-electron chi connectivity index (χ4n) is 3.61. The van der Waals surface area contributed by atoms with Crippen LogP contribution in [0.2, 0.25) is 0 Å². The van der Waals surface area contributed by atoms with Gasteiger partial charge in [-0.15, -0.1) is 0 Å². The highest BCUT2D eigenvalue weighted by molar-refractivity contribution is 5.94. The monoisotopic (exact) mass is 416 g/mol. The number of amides is 2. The van der Waals surface area contributed by atoms with Crippen LogP contribution in [0.3, 0.4) is 0 Å². The third-order valence-corrected chi connectivity index (χ3v) is 5.44. The van der Waals surface area contributed by atoms with Crippen LogP contribution in [0.15, 0.2) is 24.3 Å². The first-order valence-corrected chi connectivity index (χ1v) is 12.4. The Kier molecular flexibility index (Phi) is 15.7. The number of carbonyl (C=O) groups excluding carboxylic acids is 2. The molecule has 0 aliphatic heterocycles. The van der Waals surface area contributed by atoms with Crippen LogP contribution in [0.1, 0.15) is 117 Å². The Morgan fingerprint density at radius 2 is 0.967 bits per heavy atom. The highest BCUT2D eigenvalue weighted by Gasteiger charge is 2.05. The van der Waals surface area contributed by atoms with Crippen LogP contribution in [0.4, 0.5) is 11.4 Å². The maximum absolute atomic E-state index is 12.2. The maximum Gasteiger partial charge on any atom is 0.224 e. The largest absolute Gasteiger partial charge is 0.326 e. The Morgan fingerprint density at radius 3 is 1.43 bits per heavy atom. The smallest absolute Gasteiger partial charge is 0.224 e. The Morgan fingerprint density at radius 1 is 0.600 bits per heavy atom. The third-order valence-electron chi connectivity index (χ3n) is 5.44. The van der Waals surface area contributed by atoms with Crippen molar-refractivity contribution in [2.75, 3.05) is 10.6 Å². The van der Waals surface area contributed by atoms with Crippen molar-refractivity contribution >= 4 is 23.2 Å². The summed E-state index contributed by atoms with van der Waals surface area (Å²) >= 11 is 0. The lowest BCUT2D eigenvalue weighted by Gasteiger charge is -2.09. The lowest BCUT2D eigenvalue weighted by atomic mass is 10.1. The molecule has 0 saturated heterocycles. The van der Waals surface area contributed by atoms with Gasteiger partial charge in [0, 0.05) is 24.2 Å². The molecule has 0 fully saturated rings. The second-order valence-electron chi connectivity index (χ2n) is 8.42. The molecular weight excluding hydrogens is 372 g/mol. The van der Waals surface area contributed by atoms with Gasteiger partial charge in [-0.05, 0) is 31.0 Å². The zero-order valence-electron chi connectivity index (χ0n) is 19.4. The molecule has 1 aromatic carbocycles. The van der Waals surface area contributed by atoms with Crippen LogP contribution >= 0.6 is 0 Å². The van der Waals surface area contributed by atoms with Gasteiger partial charge in [-0.3, -0.25) is 9.59 Å². The predicted octanol–water partition coefficient (Wildman–Crippen LogP) is 7.85. The summed E-state index contributed by atoms with van der Waals surface area (Å²) in [6.45, 7) is 4.38. The van der Waals surface area contributed by atoms with E-state index in [1.165, 1.54) is 57.8 Å². The zero-order chi connectivity index (χ0) is 21.9. The van der Waals surface area contributed by atoms with E-state index in [4.69, 9.17) is 0 Å². The van der Waals surface area contributed by atoms with Crippen molar-refractivity contribution in [2.24, 2.45) is 0 Å². The molecule has 0 spiro atoms. The van der Waals surface area contributed by atoms with Crippen LogP contribution in [0.5, 0.6) is 0 Å². The Labute approximate surface area is 184 Å². The van der Waals surface area contributed by atoms with Crippen molar-refractivity contribution in [3.05, 3.63) is 24.3 Å². The van der Waals surface area contributed by atoms with Gasteiger partial charge in [0.1, 0.15) is 0 Å². The molecule has 30 heavy (non-hydrogen) atoms. The minimum atomic E-state index is 0.0351. The normalized spacial score (nSPS) is 10.7. The molecule has 0 saturated carbocycles. The van der Waals surface area contributed by atoms with Crippen molar-refractivity contribution in [1.29, 1.82) is 0 Å². The van der Waals surface area contributed by atoms with Gasteiger partial charge in [0.05, 0.1) is 0 Å². The van der Waals surface area contributed by atoms with E-state index >= 15 is 0 Å². The summed E-state index contributed by atoms with van der Waals surface area (Å²) in [5, 5.41) is 5.87. The van der Waals surface area contributed by atoms with Gasteiger partial charge in [-0.1, -0.05) is 97.0 Å². The van der Waals surface area contributed by atoms with Gasteiger partial charge in [-0.2, -0.15) is 0 Å². The van der Waals surface area contributed by atoms with Crippen molar-refractivity contribution < 1.29 is 9.59 Å². The quantitative estimate of drug-likeness (QED) is 0.239. The minimum Gasteiger partial charge on any atom is -0.326 e. The number of anilines is 2. The van der Waals surface area contributed by atoms with Gasteiger partial charge >= 0.3 is 0 Å². The molecule has 0 heterocycles. The third kappa shape index (κ3) is 14.2. The highest BCUT2D eigenvalue weighted by Crippen LogP contribution is 2.17. The Bertz CT molecular complexity index is 586. The topological polar surface area (TPSA) is 58.2 Å². The van der Waals surface area contributed by atoms with E-state index < -0.39 is 0 Å². The molecule has 1 aromatic rings. The van der Waals surface area contributed by atoms with E-state index in [0.29, 0.717) is 12.8 Å². The first-order chi connectivity index (χ1) is 14.7. The summed E-state index contributed by atoms with van der Waals surface area (Å²) in [4.78, 5) is 24.1. The van der Waals surface area contributed by atoms with Crippen LogP contribution in [0.25, 0.3) is 0 Å². The average Bonchev–Trinajstić information content (AvgIpc) is 2.72. The molecule has 2 N–H and O–H groups in total. The van der Waals surface area contributed by atoms with E-state index in [1.54, 1.807) is 0 Å². The van der Waals surface area contributed by atoms with Crippen LogP contribution in [0, 0.1) is 0 Å². The van der Waals surface area contributed by atoms with Crippen molar-refractivity contribution in [2.45, 2.75) is 117 Å².